The fraction of sp³-hybridized carbons (Fsp3) is 0.409. The van der Waals surface area contributed by atoms with Crippen molar-refractivity contribution in [1.82, 2.24) is 10.2 Å². The van der Waals surface area contributed by atoms with Crippen LogP contribution >= 0.6 is 0 Å². The molecule has 132 valence electrons. The maximum absolute atomic E-state index is 13.2. The van der Waals surface area contributed by atoms with E-state index in [2.05, 4.69) is 34.5 Å². The maximum Gasteiger partial charge on any atom is 0.234 e. The summed E-state index contributed by atoms with van der Waals surface area (Å²) in [5.74, 6) is 0.0712. The first-order chi connectivity index (χ1) is 12.3. The van der Waals surface area contributed by atoms with Crippen LogP contribution in [0.25, 0.3) is 0 Å². The molecule has 3 heteroatoms. The Kier molecular flexibility index (Phi) is 5.87. The molecule has 1 amide bonds. The summed E-state index contributed by atoms with van der Waals surface area (Å²) in [6.07, 6.45) is 4.66. The number of hydrogen-bond donors (Lipinski definition) is 1. The molecule has 0 saturated carbocycles. The summed E-state index contributed by atoms with van der Waals surface area (Å²) in [7, 11) is 1.74. The summed E-state index contributed by atoms with van der Waals surface area (Å²) in [6.45, 7) is 3.23. The number of hydrogen-bond acceptors (Lipinski definition) is 2. The molecular formula is C22H28N2O. The minimum absolute atomic E-state index is 0.0712. The van der Waals surface area contributed by atoms with Gasteiger partial charge in [0, 0.05) is 7.05 Å². The van der Waals surface area contributed by atoms with Crippen LogP contribution in [0.2, 0.25) is 0 Å². The second kappa shape index (κ2) is 8.30. The third-order valence-electron chi connectivity index (χ3n) is 5.40. The number of amides is 1. The second-order valence-corrected chi connectivity index (χ2v) is 6.87. The van der Waals surface area contributed by atoms with E-state index in [0.29, 0.717) is 0 Å². The van der Waals surface area contributed by atoms with Crippen LogP contribution in [-0.4, -0.2) is 37.5 Å². The van der Waals surface area contributed by atoms with Gasteiger partial charge < -0.3 is 10.2 Å². The number of nitrogens with zero attached hydrogens (tertiary/aromatic N) is 1. The Balaban J connectivity index is 2.00. The standard InChI is InChI=1S/C22H28N2O/c1-23-21(25)22(19-11-5-2-6-12-19,20-13-7-3-8-14-20)15-18-24-16-9-4-10-17-24/h2-3,5-8,11-14H,4,9-10,15-18H2,1H3,(H,23,25). The molecule has 1 saturated heterocycles. The van der Waals surface area contributed by atoms with Gasteiger partial charge in [-0.1, -0.05) is 67.1 Å². The zero-order valence-electron chi connectivity index (χ0n) is 15.1. The zero-order valence-corrected chi connectivity index (χ0v) is 15.1. The average Bonchev–Trinajstić information content (AvgIpc) is 2.70. The first kappa shape index (κ1) is 17.7. The topological polar surface area (TPSA) is 32.3 Å². The van der Waals surface area contributed by atoms with Crippen LogP contribution in [0.15, 0.2) is 60.7 Å². The lowest BCUT2D eigenvalue weighted by atomic mass is 9.71. The Labute approximate surface area is 151 Å². The third kappa shape index (κ3) is 3.77. The molecule has 1 heterocycles. The van der Waals surface area contributed by atoms with E-state index in [9.17, 15) is 4.79 Å². The predicted octanol–water partition coefficient (Wildman–Crippen LogP) is 3.59. The summed E-state index contributed by atoms with van der Waals surface area (Å²) in [6, 6.07) is 20.4. The van der Waals surface area contributed by atoms with Crippen molar-refractivity contribution in [3.63, 3.8) is 0 Å². The number of likely N-dealkylation sites (N-methyl/N-ethyl adjacent to an activating group) is 1. The van der Waals surface area contributed by atoms with Crippen LogP contribution in [0.3, 0.4) is 0 Å². The number of carbonyl (C=O) groups excluding carboxylic acids is 1. The monoisotopic (exact) mass is 336 g/mol. The highest BCUT2D eigenvalue weighted by atomic mass is 16.2. The van der Waals surface area contributed by atoms with Crippen LogP contribution in [0.1, 0.15) is 36.8 Å². The molecule has 2 aromatic carbocycles. The van der Waals surface area contributed by atoms with Crippen molar-refractivity contribution in [2.75, 3.05) is 26.7 Å². The summed E-state index contributed by atoms with van der Waals surface area (Å²) >= 11 is 0. The molecular weight excluding hydrogens is 308 g/mol. The van der Waals surface area contributed by atoms with Gasteiger partial charge in [-0.25, -0.2) is 0 Å². The lowest BCUT2D eigenvalue weighted by molar-refractivity contribution is -0.125. The normalized spacial score (nSPS) is 15.7. The Morgan fingerprint density at radius 2 is 1.44 bits per heavy atom. The fourth-order valence-corrected chi connectivity index (χ4v) is 4.00. The molecule has 2 aromatic rings. The quantitative estimate of drug-likeness (QED) is 0.874. The Morgan fingerprint density at radius 1 is 0.920 bits per heavy atom. The SMILES string of the molecule is CNC(=O)C(CCN1CCCCC1)(c1ccccc1)c1ccccc1. The van der Waals surface area contributed by atoms with E-state index in [4.69, 9.17) is 0 Å². The van der Waals surface area contributed by atoms with Crippen LogP contribution < -0.4 is 5.32 Å². The number of benzene rings is 2. The Bertz CT molecular complexity index is 623. The Morgan fingerprint density at radius 3 is 1.92 bits per heavy atom. The van der Waals surface area contributed by atoms with Crippen molar-refractivity contribution in [2.24, 2.45) is 0 Å². The van der Waals surface area contributed by atoms with Gasteiger partial charge >= 0.3 is 0 Å². The van der Waals surface area contributed by atoms with E-state index >= 15 is 0 Å². The predicted molar refractivity (Wildman–Crippen MR) is 103 cm³/mol. The number of carbonyl (C=O) groups is 1. The molecule has 3 rings (SSSR count). The van der Waals surface area contributed by atoms with Gasteiger partial charge in [0.15, 0.2) is 0 Å². The van der Waals surface area contributed by atoms with Crippen molar-refractivity contribution in [3.8, 4) is 0 Å². The number of rotatable bonds is 6. The van der Waals surface area contributed by atoms with Gasteiger partial charge in [-0.05, 0) is 50.0 Å². The highest BCUT2D eigenvalue weighted by Gasteiger charge is 2.41. The van der Waals surface area contributed by atoms with Gasteiger partial charge in [-0.2, -0.15) is 0 Å². The van der Waals surface area contributed by atoms with Gasteiger partial charge in [0.25, 0.3) is 0 Å². The summed E-state index contributed by atoms with van der Waals surface area (Å²) < 4.78 is 0. The molecule has 0 atom stereocenters. The van der Waals surface area contributed by atoms with Gasteiger partial charge in [0.1, 0.15) is 5.41 Å². The highest BCUT2D eigenvalue weighted by Crippen LogP contribution is 2.36. The minimum atomic E-state index is -0.644. The van der Waals surface area contributed by atoms with E-state index in [1.165, 1.54) is 19.3 Å². The van der Waals surface area contributed by atoms with Crippen LogP contribution in [-0.2, 0) is 10.2 Å². The molecule has 1 N–H and O–H groups in total. The second-order valence-electron chi connectivity index (χ2n) is 6.87. The largest absolute Gasteiger partial charge is 0.358 e. The first-order valence-electron chi connectivity index (χ1n) is 9.33. The Hall–Kier alpha value is -2.13. The molecule has 0 unspecified atom stereocenters. The summed E-state index contributed by atoms with van der Waals surface area (Å²) in [4.78, 5) is 15.7. The first-order valence-corrected chi connectivity index (χ1v) is 9.33. The van der Waals surface area contributed by atoms with E-state index in [1.54, 1.807) is 7.05 Å². The van der Waals surface area contributed by atoms with Crippen molar-refractivity contribution >= 4 is 5.91 Å². The van der Waals surface area contributed by atoms with Crippen LogP contribution in [0.5, 0.6) is 0 Å². The molecule has 3 nitrogen and oxygen atoms in total. The molecule has 1 fully saturated rings. The van der Waals surface area contributed by atoms with Gasteiger partial charge in [0.2, 0.25) is 5.91 Å². The zero-order chi connectivity index (χ0) is 17.5. The highest BCUT2D eigenvalue weighted by molar-refractivity contribution is 5.92. The van der Waals surface area contributed by atoms with Crippen molar-refractivity contribution in [2.45, 2.75) is 31.1 Å². The fourth-order valence-electron chi connectivity index (χ4n) is 4.00. The lowest BCUT2D eigenvalue weighted by Crippen LogP contribution is -2.46. The van der Waals surface area contributed by atoms with E-state index in [1.807, 2.05) is 36.4 Å². The molecule has 0 radical (unpaired) electrons. The molecule has 25 heavy (non-hydrogen) atoms. The smallest absolute Gasteiger partial charge is 0.234 e. The molecule has 0 bridgehead atoms. The summed E-state index contributed by atoms with van der Waals surface area (Å²) in [5.41, 5.74) is 1.49. The molecule has 1 aliphatic heterocycles. The third-order valence-corrected chi connectivity index (χ3v) is 5.40. The molecule has 0 spiro atoms. The average molecular weight is 336 g/mol. The van der Waals surface area contributed by atoms with Crippen molar-refractivity contribution < 1.29 is 4.79 Å². The maximum atomic E-state index is 13.2. The van der Waals surface area contributed by atoms with Crippen molar-refractivity contribution in [1.29, 1.82) is 0 Å². The van der Waals surface area contributed by atoms with E-state index in [0.717, 1.165) is 37.2 Å². The number of piperidine rings is 1. The van der Waals surface area contributed by atoms with Crippen LogP contribution in [0.4, 0.5) is 0 Å². The minimum Gasteiger partial charge on any atom is -0.358 e. The molecule has 0 aliphatic carbocycles. The van der Waals surface area contributed by atoms with E-state index in [-0.39, 0.29) is 5.91 Å². The summed E-state index contributed by atoms with van der Waals surface area (Å²) in [5, 5.41) is 2.93. The van der Waals surface area contributed by atoms with Crippen molar-refractivity contribution in [3.05, 3.63) is 71.8 Å². The number of likely N-dealkylation sites (tertiary alicyclic amines) is 1. The molecule has 0 aromatic heterocycles. The van der Waals surface area contributed by atoms with Crippen LogP contribution in [0, 0.1) is 0 Å². The molecule has 1 aliphatic rings. The number of nitrogens with one attached hydrogen (secondary N) is 1. The van der Waals surface area contributed by atoms with E-state index < -0.39 is 5.41 Å². The van der Waals surface area contributed by atoms with Gasteiger partial charge in [0.05, 0.1) is 0 Å². The van der Waals surface area contributed by atoms with Gasteiger partial charge in [-0.3, -0.25) is 4.79 Å². The van der Waals surface area contributed by atoms with Gasteiger partial charge in [-0.15, -0.1) is 0 Å². The lowest BCUT2D eigenvalue weighted by Gasteiger charge is -2.36.